The smallest absolute Gasteiger partial charge is 0.261 e. The van der Waals surface area contributed by atoms with Crippen molar-refractivity contribution in [2.75, 3.05) is 5.43 Å². The molecule has 0 unspecified atom stereocenters. The van der Waals surface area contributed by atoms with Crippen molar-refractivity contribution in [2.24, 2.45) is 5.10 Å². The molecule has 0 radical (unpaired) electrons. The van der Waals surface area contributed by atoms with Gasteiger partial charge in [-0.25, -0.2) is 0 Å². The molecule has 0 bridgehead atoms. The Kier molecular flexibility index (Phi) is 3.82. The molecule has 2 aromatic carbocycles. The van der Waals surface area contributed by atoms with Crippen LogP contribution in [0, 0.1) is 0 Å². The van der Waals surface area contributed by atoms with E-state index in [1.165, 1.54) is 11.8 Å². The number of rotatable bonds is 3. The van der Waals surface area contributed by atoms with E-state index in [1.54, 1.807) is 0 Å². The van der Waals surface area contributed by atoms with Crippen LogP contribution in [-0.2, 0) is 13.0 Å². The number of nitrogens with zero attached hydrogens (tertiary/aromatic N) is 2. The van der Waals surface area contributed by atoms with Crippen LogP contribution in [0.15, 0.2) is 58.4 Å². The molecule has 0 aliphatic carbocycles. The molecule has 1 N–H and O–H groups in total. The standard InChI is InChI=1S/C19H16ClN3O/c20-17-15-10-4-6-13-7-5-11-23(18(13)15)19(24)16(17)12-21-22-14-8-2-1-3-9-14/h1-4,6,8-10,12,22H,5,7,11H2. The van der Waals surface area contributed by atoms with Gasteiger partial charge in [-0.1, -0.05) is 48.0 Å². The molecule has 0 spiro atoms. The third kappa shape index (κ3) is 2.49. The van der Waals surface area contributed by atoms with Gasteiger partial charge in [0.1, 0.15) is 0 Å². The van der Waals surface area contributed by atoms with Crippen LogP contribution in [0.1, 0.15) is 17.5 Å². The minimum Gasteiger partial charge on any atom is -0.307 e. The molecule has 0 atom stereocenters. The van der Waals surface area contributed by atoms with E-state index in [0.29, 0.717) is 10.6 Å². The van der Waals surface area contributed by atoms with Crippen molar-refractivity contribution < 1.29 is 0 Å². The zero-order chi connectivity index (χ0) is 16.5. The Morgan fingerprint density at radius 2 is 1.96 bits per heavy atom. The van der Waals surface area contributed by atoms with Crippen LogP contribution in [0.25, 0.3) is 10.9 Å². The number of aryl methyl sites for hydroxylation is 2. The van der Waals surface area contributed by atoms with Crippen LogP contribution in [0.5, 0.6) is 0 Å². The van der Waals surface area contributed by atoms with Gasteiger partial charge in [-0.3, -0.25) is 10.2 Å². The number of para-hydroxylation sites is 2. The highest BCUT2D eigenvalue weighted by Gasteiger charge is 2.19. The van der Waals surface area contributed by atoms with Crippen LogP contribution < -0.4 is 11.0 Å². The van der Waals surface area contributed by atoms with E-state index < -0.39 is 0 Å². The van der Waals surface area contributed by atoms with E-state index in [0.717, 1.165) is 36.0 Å². The number of aromatic nitrogens is 1. The zero-order valence-corrected chi connectivity index (χ0v) is 13.8. The Morgan fingerprint density at radius 1 is 1.12 bits per heavy atom. The SMILES string of the molecule is O=c1c(C=NNc2ccccc2)c(Cl)c2cccc3c2n1CCC3. The molecule has 2 heterocycles. The fourth-order valence-electron chi connectivity index (χ4n) is 3.21. The quantitative estimate of drug-likeness (QED) is 0.579. The van der Waals surface area contributed by atoms with Crippen molar-refractivity contribution in [1.82, 2.24) is 4.57 Å². The lowest BCUT2D eigenvalue weighted by molar-refractivity contribution is 0.615. The molecule has 0 fully saturated rings. The second-order valence-corrected chi connectivity index (χ2v) is 6.22. The highest BCUT2D eigenvalue weighted by molar-refractivity contribution is 6.37. The van der Waals surface area contributed by atoms with Gasteiger partial charge in [0.15, 0.2) is 0 Å². The average molecular weight is 338 g/mol. The molecular weight excluding hydrogens is 322 g/mol. The summed E-state index contributed by atoms with van der Waals surface area (Å²) in [6.07, 6.45) is 3.46. The van der Waals surface area contributed by atoms with Gasteiger partial charge in [0.05, 0.1) is 28.0 Å². The maximum atomic E-state index is 12.8. The molecule has 0 saturated heterocycles. The Balaban J connectivity index is 1.80. The van der Waals surface area contributed by atoms with E-state index in [1.807, 2.05) is 47.0 Å². The van der Waals surface area contributed by atoms with E-state index in [4.69, 9.17) is 11.6 Å². The van der Waals surface area contributed by atoms with E-state index >= 15 is 0 Å². The minimum atomic E-state index is -0.0849. The predicted octanol–water partition coefficient (Wildman–Crippen LogP) is 4.05. The highest BCUT2D eigenvalue weighted by Crippen LogP contribution is 2.29. The summed E-state index contributed by atoms with van der Waals surface area (Å²) in [5, 5.41) is 5.56. The lowest BCUT2D eigenvalue weighted by Gasteiger charge is -2.20. The fourth-order valence-corrected chi connectivity index (χ4v) is 3.49. The summed E-state index contributed by atoms with van der Waals surface area (Å²) >= 11 is 6.52. The molecule has 120 valence electrons. The normalized spacial score (nSPS) is 13.5. The summed E-state index contributed by atoms with van der Waals surface area (Å²) in [7, 11) is 0. The average Bonchev–Trinajstić information content (AvgIpc) is 2.63. The van der Waals surface area contributed by atoms with Crippen LogP contribution in [0.3, 0.4) is 0 Å². The van der Waals surface area contributed by atoms with Gasteiger partial charge >= 0.3 is 0 Å². The summed E-state index contributed by atoms with van der Waals surface area (Å²) in [6.45, 7) is 0.719. The van der Waals surface area contributed by atoms with Gasteiger partial charge in [-0.2, -0.15) is 5.10 Å². The van der Waals surface area contributed by atoms with Gasteiger partial charge in [0.2, 0.25) is 0 Å². The Morgan fingerprint density at radius 3 is 2.79 bits per heavy atom. The molecule has 4 rings (SSSR count). The first kappa shape index (κ1) is 15.0. The highest BCUT2D eigenvalue weighted by atomic mass is 35.5. The van der Waals surface area contributed by atoms with Gasteiger partial charge in [0, 0.05) is 11.9 Å². The first-order valence-corrected chi connectivity index (χ1v) is 8.31. The molecule has 0 amide bonds. The molecule has 4 nitrogen and oxygen atoms in total. The van der Waals surface area contributed by atoms with Crippen molar-refractivity contribution in [1.29, 1.82) is 0 Å². The summed E-state index contributed by atoms with van der Waals surface area (Å²) in [5.41, 5.74) is 6.26. The summed E-state index contributed by atoms with van der Waals surface area (Å²) < 4.78 is 1.82. The van der Waals surface area contributed by atoms with Gasteiger partial charge in [0.25, 0.3) is 5.56 Å². The lowest BCUT2D eigenvalue weighted by atomic mass is 10.00. The molecule has 1 aliphatic rings. The van der Waals surface area contributed by atoms with Gasteiger partial charge < -0.3 is 4.57 Å². The van der Waals surface area contributed by atoms with Gasteiger partial charge in [-0.05, 0) is 30.5 Å². The predicted molar refractivity (Wildman–Crippen MR) is 99.2 cm³/mol. The zero-order valence-electron chi connectivity index (χ0n) is 13.0. The number of benzene rings is 2. The lowest BCUT2D eigenvalue weighted by Crippen LogP contribution is -2.28. The Hall–Kier alpha value is -2.59. The van der Waals surface area contributed by atoms with E-state index in [2.05, 4.69) is 16.6 Å². The van der Waals surface area contributed by atoms with Crippen LogP contribution in [0.4, 0.5) is 5.69 Å². The van der Waals surface area contributed by atoms with E-state index in [9.17, 15) is 4.79 Å². The third-order valence-corrected chi connectivity index (χ3v) is 4.73. The number of hydrogen-bond acceptors (Lipinski definition) is 3. The van der Waals surface area contributed by atoms with E-state index in [-0.39, 0.29) is 5.56 Å². The van der Waals surface area contributed by atoms with Crippen molar-refractivity contribution in [3.05, 3.63) is 75.0 Å². The number of halogens is 1. The second-order valence-electron chi connectivity index (χ2n) is 5.84. The molecule has 5 heteroatoms. The first-order valence-electron chi connectivity index (χ1n) is 7.94. The number of hydrazone groups is 1. The number of nitrogens with one attached hydrogen (secondary N) is 1. The summed E-state index contributed by atoms with van der Waals surface area (Å²) in [6, 6.07) is 15.6. The molecular formula is C19H16ClN3O. The molecule has 1 aromatic heterocycles. The van der Waals surface area contributed by atoms with Crippen molar-refractivity contribution in [3.8, 4) is 0 Å². The largest absolute Gasteiger partial charge is 0.307 e. The van der Waals surface area contributed by atoms with Crippen molar-refractivity contribution in [3.63, 3.8) is 0 Å². The van der Waals surface area contributed by atoms with Crippen LogP contribution >= 0.6 is 11.6 Å². The van der Waals surface area contributed by atoms with Gasteiger partial charge in [-0.15, -0.1) is 0 Å². The molecule has 0 saturated carbocycles. The number of hydrogen-bond donors (Lipinski definition) is 1. The van der Waals surface area contributed by atoms with Crippen molar-refractivity contribution in [2.45, 2.75) is 19.4 Å². The van der Waals surface area contributed by atoms with Crippen molar-refractivity contribution >= 4 is 34.4 Å². The first-order chi connectivity index (χ1) is 11.8. The maximum absolute atomic E-state index is 12.8. The Bertz CT molecular complexity index is 993. The summed E-state index contributed by atoms with van der Waals surface area (Å²) in [4.78, 5) is 12.8. The monoisotopic (exact) mass is 337 g/mol. The number of pyridine rings is 1. The Labute approximate surface area is 144 Å². The third-order valence-electron chi connectivity index (χ3n) is 4.33. The second kappa shape index (κ2) is 6.13. The maximum Gasteiger partial charge on any atom is 0.261 e. The van der Waals surface area contributed by atoms with Crippen LogP contribution in [0.2, 0.25) is 5.02 Å². The number of anilines is 1. The van der Waals surface area contributed by atoms with Crippen LogP contribution in [-0.4, -0.2) is 10.8 Å². The fraction of sp³-hybridized carbons (Fsp3) is 0.158. The summed E-state index contributed by atoms with van der Waals surface area (Å²) in [5.74, 6) is 0. The molecule has 3 aromatic rings. The molecule has 1 aliphatic heterocycles. The minimum absolute atomic E-state index is 0.0849. The molecule has 24 heavy (non-hydrogen) atoms. The topological polar surface area (TPSA) is 46.4 Å².